The fraction of sp³-hybridized carbons (Fsp3) is 0.250. The molecule has 0 aliphatic rings. The molecule has 108 valence electrons. The number of hydrogen-bond donors (Lipinski definition) is 1. The minimum atomic E-state index is 0.655. The minimum absolute atomic E-state index is 0.655. The predicted molar refractivity (Wildman–Crippen MR) is 90.3 cm³/mol. The number of anilines is 1. The predicted octanol–water partition coefficient (Wildman–Crippen LogP) is 4.83. The summed E-state index contributed by atoms with van der Waals surface area (Å²) in [6.45, 7) is 4.73. The van der Waals surface area contributed by atoms with Crippen molar-refractivity contribution in [2.45, 2.75) is 26.8 Å². The van der Waals surface area contributed by atoms with Crippen LogP contribution in [-0.2, 0) is 13.0 Å². The van der Waals surface area contributed by atoms with E-state index < -0.39 is 0 Å². The number of rotatable bonds is 4. The topological polar surface area (TPSA) is 37.8 Å². The molecule has 3 rings (SSSR count). The quantitative estimate of drug-likeness (QED) is 0.749. The molecule has 0 aliphatic heterocycles. The van der Waals surface area contributed by atoms with Crippen molar-refractivity contribution in [3.8, 4) is 0 Å². The molecular formula is C16H16ClN3S. The Bertz CT molecular complexity index is 782. The van der Waals surface area contributed by atoms with Gasteiger partial charge in [0.1, 0.15) is 16.5 Å². The number of fused-ring (bicyclic) bond motifs is 1. The van der Waals surface area contributed by atoms with Crippen molar-refractivity contribution < 1.29 is 0 Å². The fourth-order valence-corrected chi connectivity index (χ4v) is 3.42. The van der Waals surface area contributed by atoms with Gasteiger partial charge >= 0.3 is 0 Å². The molecule has 0 aliphatic carbocycles. The molecule has 21 heavy (non-hydrogen) atoms. The number of nitrogens with one attached hydrogen (secondary N) is 1. The Hall–Kier alpha value is -1.65. The summed E-state index contributed by atoms with van der Waals surface area (Å²) >= 11 is 7.93. The number of aromatic nitrogens is 2. The van der Waals surface area contributed by atoms with Crippen molar-refractivity contribution in [1.82, 2.24) is 9.97 Å². The van der Waals surface area contributed by atoms with Gasteiger partial charge in [0.2, 0.25) is 0 Å². The standard InChI is InChI=1S/C16H16ClN3S/c1-3-12-8-13-15(19-10(2)20-16(13)21-12)18-9-11-6-4-5-7-14(11)17/h4-8H,3,9H2,1-2H3,(H,18,19,20). The highest BCUT2D eigenvalue weighted by Crippen LogP contribution is 2.29. The van der Waals surface area contributed by atoms with Gasteiger partial charge in [-0.3, -0.25) is 0 Å². The first-order valence-corrected chi connectivity index (χ1v) is 8.11. The van der Waals surface area contributed by atoms with Gasteiger partial charge in [0, 0.05) is 16.4 Å². The van der Waals surface area contributed by atoms with Crippen molar-refractivity contribution in [2.24, 2.45) is 0 Å². The van der Waals surface area contributed by atoms with Crippen LogP contribution in [0.2, 0.25) is 5.02 Å². The number of thiophene rings is 1. The molecule has 0 spiro atoms. The molecule has 0 amide bonds. The van der Waals surface area contributed by atoms with Crippen LogP contribution in [-0.4, -0.2) is 9.97 Å². The van der Waals surface area contributed by atoms with Gasteiger partial charge in [-0.1, -0.05) is 36.7 Å². The summed E-state index contributed by atoms with van der Waals surface area (Å²) < 4.78 is 0. The molecular weight excluding hydrogens is 302 g/mol. The largest absolute Gasteiger partial charge is 0.365 e. The second kappa shape index (κ2) is 6.00. The van der Waals surface area contributed by atoms with Crippen LogP contribution in [0.5, 0.6) is 0 Å². The van der Waals surface area contributed by atoms with Gasteiger partial charge in [-0.2, -0.15) is 0 Å². The number of aryl methyl sites for hydroxylation is 2. The van der Waals surface area contributed by atoms with Crippen LogP contribution in [0.1, 0.15) is 23.2 Å². The van der Waals surface area contributed by atoms with E-state index in [4.69, 9.17) is 11.6 Å². The van der Waals surface area contributed by atoms with Gasteiger partial charge in [-0.15, -0.1) is 11.3 Å². The summed E-state index contributed by atoms with van der Waals surface area (Å²) in [7, 11) is 0. The van der Waals surface area contributed by atoms with E-state index in [1.165, 1.54) is 4.88 Å². The van der Waals surface area contributed by atoms with Gasteiger partial charge < -0.3 is 5.32 Å². The summed E-state index contributed by atoms with van der Waals surface area (Å²) in [5, 5.41) is 5.26. The van der Waals surface area contributed by atoms with E-state index in [2.05, 4.69) is 28.3 Å². The van der Waals surface area contributed by atoms with Crippen molar-refractivity contribution in [1.29, 1.82) is 0 Å². The average Bonchev–Trinajstić information content (AvgIpc) is 2.89. The third-order valence-electron chi connectivity index (χ3n) is 3.31. The highest BCUT2D eigenvalue weighted by Gasteiger charge is 2.10. The van der Waals surface area contributed by atoms with Crippen LogP contribution in [0.3, 0.4) is 0 Å². The molecule has 1 N–H and O–H groups in total. The molecule has 0 atom stereocenters. The third kappa shape index (κ3) is 3.01. The summed E-state index contributed by atoms with van der Waals surface area (Å²) in [5.41, 5.74) is 1.06. The lowest BCUT2D eigenvalue weighted by atomic mass is 10.2. The SMILES string of the molecule is CCc1cc2c(NCc3ccccc3Cl)nc(C)nc2s1. The van der Waals surface area contributed by atoms with Gasteiger partial charge in [0.05, 0.1) is 5.39 Å². The third-order valence-corrected chi connectivity index (χ3v) is 4.85. The van der Waals surface area contributed by atoms with E-state index in [1.54, 1.807) is 11.3 Å². The Morgan fingerprint density at radius 1 is 1.24 bits per heavy atom. The molecule has 0 fully saturated rings. The molecule has 3 nitrogen and oxygen atoms in total. The van der Waals surface area contributed by atoms with E-state index in [1.807, 2.05) is 31.2 Å². The average molecular weight is 318 g/mol. The second-order valence-electron chi connectivity index (χ2n) is 4.85. The first-order chi connectivity index (χ1) is 10.2. The molecule has 5 heteroatoms. The second-order valence-corrected chi connectivity index (χ2v) is 6.37. The summed E-state index contributed by atoms with van der Waals surface area (Å²) in [6, 6.07) is 10.0. The van der Waals surface area contributed by atoms with Crippen LogP contribution < -0.4 is 5.32 Å². The lowest BCUT2D eigenvalue weighted by molar-refractivity contribution is 1.06. The smallest absolute Gasteiger partial charge is 0.138 e. The molecule has 0 bridgehead atoms. The molecule has 3 aromatic rings. The van der Waals surface area contributed by atoms with Gasteiger partial charge in [0.25, 0.3) is 0 Å². The van der Waals surface area contributed by atoms with Crippen LogP contribution in [0, 0.1) is 6.92 Å². The summed E-state index contributed by atoms with van der Waals surface area (Å²) in [4.78, 5) is 11.4. The van der Waals surface area contributed by atoms with Gasteiger partial charge in [-0.25, -0.2) is 9.97 Å². The lowest BCUT2D eigenvalue weighted by Gasteiger charge is -2.08. The molecule has 1 aromatic carbocycles. The molecule has 2 heterocycles. The van der Waals surface area contributed by atoms with Crippen molar-refractivity contribution in [3.05, 3.63) is 51.6 Å². The first kappa shape index (κ1) is 14.3. The van der Waals surface area contributed by atoms with Gasteiger partial charge in [0.15, 0.2) is 0 Å². The van der Waals surface area contributed by atoms with E-state index in [-0.39, 0.29) is 0 Å². The number of nitrogens with zero attached hydrogens (tertiary/aromatic N) is 2. The fourth-order valence-electron chi connectivity index (χ4n) is 2.21. The van der Waals surface area contributed by atoms with Crippen molar-refractivity contribution >= 4 is 39.0 Å². The highest BCUT2D eigenvalue weighted by molar-refractivity contribution is 7.18. The number of hydrogen-bond acceptors (Lipinski definition) is 4. The molecule has 0 saturated carbocycles. The van der Waals surface area contributed by atoms with E-state index >= 15 is 0 Å². The Morgan fingerprint density at radius 3 is 2.81 bits per heavy atom. The van der Waals surface area contributed by atoms with Crippen LogP contribution in [0.15, 0.2) is 30.3 Å². The molecule has 0 unspecified atom stereocenters. The van der Waals surface area contributed by atoms with Crippen LogP contribution in [0.4, 0.5) is 5.82 Å². The molecule has 2 aromatic heterocycles. The monoisotopic (exact) mass is 317 g/mol. The first-order valence-electron chi connectivity index (χ1n) is 6.91. The van der Waals surface area contributed by atoms with E-state index in [9.17, 15) is 0 Å². The zero-order chi connectivity index (χ0) is 14.8. The summed E-state index contributed by atoms with van der Waals surface area (Å²) in [5.74, 6) is 1.67. The zero-order valence-electron chi connectivity index (χ0n) is 12.0. The maximum atomic E-state index is 6.20. The Balaban J connectivity index is 1.93. The van der Waals surface area contributed by atoms with Crippen molar-refractivity contribution in [2.75, 3.05) is 5.32 Å². The number of benzene rings is 1. The van der Waals surface area contributed by atoms with Gasteiger partial charge in [-0.05, 0) is 31.0 Å². The summed E-state index contributed by atoms with van der Waals surface area (Å²) in [6.07, 6.45) is 1.02. The van der Waals surface area contributed by atoms with Crippen LogP contribution >= 0.6 is 22.9 Å². The Morgan fingerprint density at radius 2 is 2.05 bits per heavy atom. The lowest BCUT2D eigenvalue weighted by Crippen LogP contribution is -2.03. The Labute approximate surface area is 133 Å². The van der Waals surface area contributed by atoms with Crippen LogP contribution in [0.25, 0.3) is 10.2 Å². The molecule has 0 saturated heterocycles. The zero-order valence-corrected chi connectivity index (χ0v) is 13.6. The maximum Gasteiger partial charge on any atom is 0.138 e. The van der Waals surface area contributed by atoms with E-state index in [0.717, 1.165) is 38.9 Å². The van der Waals surface area contributed by atoms with Crippen molar-refractivity contribution in [3.63, 3.8) is 0 Å². The normalized spacial score (nSPS) is 11.0. The Kier molecular flexibility index (Phi) is 4.08. The molecule has 0 radical (unpaired) electrons. The number of halogens is 1. The highest BCUT2D eigenvalue weighted by atomic mass is 35.5. The van der Waals surface area contributed by atoms with E-state index in [0.29, 0.717) is 6.54 Å². The minimum Gasteiger partial charge on any atom is -0.365 e. The maximum absolute atomic E-state index is 6.20.